The minimum atomic E-state index is -0.0950. The van der Waals surface area contributed by atoms with E-state index in [1.54, 1.807) is 0 Å². The number of likely N-dealkylation sites (N-methyl/N-ethyl adjacent to an activating group) is 1. The van der Waals surface area contributed by atoms with Crippen molar-refractivity contribution < 1.29 is 4.79 Å². The largest absolute Gasteiger partial charge is 0.338 e. The number of fused-ring (bicyclic) bond motifs is 2. The van der Waals surface area contributed by atoms with Crippen LogP contribution in [0.4, 0.5) is 4.79 Å². The highest BCUT2D eigenvalue weighted by molar-refractivity contribution is 5.74. The standard InChI is InChI=1S/C21H33N7O/c1-5-27-10-11-28-18(17-13-24-25(4)15-17)14-22-19(28)21(27)6-8-26(9-7-21)20(29)23-12-16(2)3/h13-16H,5-12H2,1-4H3,(H,23,29). The highest BCUT2D eigenvalue weighted by Gasteiger charge is 2.47. The quantitative estimate of drug-likeness (QED) is 0.856. The molecule has 2 aromatic rings. The van der Waals surface area contributed by atoms with Crippen molar-refractivity contribution in [3.63, 3.8) is 0 Å². The first kappa shape index (κ1) is 19.9. The van der Waals surface area contributed by atoms with E-state index in [0.29, 0.717) is 5.92 Å². The van der Waals surface area contributed by atoms with Crippen molar-refractivity contribution in [2.45, 2.75) is 45.7 Å². The van der Waals surface area contributed by atoms with E-state index in [2.05, 4.69) is 40.7 Å². The molecular weight excluding hydrogens is 366 g/mol. The summed E-state index contributed by atoms with van der Waals surface area (Å²) in [4.78, 5) is 22.0. The molecule has 158 valence electrons. The van der Waals surface area contributed by atoms with Crippen LogP contribution < -0.4 is 5.32 Å². The molecule has 8 nitrogen and oxygen atoms in total. The normalized spacial score (nSPS) is 19.0. The Kier molecular flexibility index (Phi) is 5.38. The van der Waals surface area contributed by atoms with Crippen molar-refractivity contribution in [3.05, 3.63) is 24.4 Å². The van der Waals surface area contributed by atoms with Gasteiger partial charge in [-0.2, -0.15) is 5.10 Å². The molecule has 8 heteroatoms. The molecule has 4 heterocycles. The molecule has 1 spiro atoms. The maximum atomic E-state index is 12.5. The number of aryl methyl sites for hydroxylation is 1. The van der Waals surface area contributed by atoms with Crippen LogP contribution in [0.3, 0.4) is 0 Å². The van der Waals surface area contributed by atoms with Crippen molar-refractivity contribution in [1.29, 1.82) is 0 Å². The molecule has 2 aliphatic heterocycles. The predicted molar refractivity (Wildman–Crippen MR) is 112 cm³/mol. The number of imidazole rings is 1. The third kappa shape index (κ3) is 3.54. The van der Waals surface area contributed by atoms with E-state index in [-0.39, 0.29) is 11.6 Å². The van der Waals surface area contributed by atoms with E-state index >= 15 is 0 Å². The molecule has 29 heavy (non-hydrogen) atoms. The maximum absolute atomic E-state index is 12.5. The number of piperidine rings is 1. The van der Waals surface area contributed by atoms with Crippen molar-refractivity contribution in [3.8, 4) is 11.3 Å². The van der Waals surface area contributed by atoms with Crippen LogP contribution in [0.15, 0.2) is 18.6 Å². The molecule has 0 saturated carbocycles. The van der Waals surface area contributed by atoms with Gasteiger partial charge in [0.25, 0.3) is 0 Å². The number of urea groups is 1. The molecule has 4 rings (SSSR count). The first-order chi connectivity index (χ1) is 13.9. The van der Waals surface area contributed by atoms with E-state index in [1.165, 1.54) is 0 Å². The lowest BCUT2D eigenvalue weighted by molar-refractivity contribution is 0.00268. The van der Waals surface area contributed by atoms with E-state index in [9.17, 15) is 4.79 Å². The van der Waals surface area contributed by atoms with Crippen LogP contribution in [-0.4, -0.2) is 67.9 Å². The predicted octanol–water partition coefficient (Wildman–Crippen LogP) is 2.28. The number of nitrogens with zero attached hydrogens (tertiary/aromatic N) is 6. The molecule has 1 saturated heterocycles. The fourth-order valence-electron chi connectivity index (χ4n) is 4.82. The van der Waals surface area contributed by atoms with Gasteiger partial charge in [-0.25, -0.2) is 9.78 Å². The van der Waals surface area contributed by atoms with Crippen LogP contribution in [0.1, 0.15) is 39.4 Å². The fraction of sp³-hybridized carbons (Fsp3) is 0.667. The van der Waals surface area contributed by atoms with E-state index in [1.807, 2.05) is 35.2 Å². The molecule has 2 aliphatic rings. The SMILES string of the molecule is CCN1CCn2c(-c3cnn(C)c3)cnc2C12CCN(C(=O)NCC(C)C)CC2. The van der Waals surface area contributed by atoms with Crippen LogP contribution in [-0.2, 0) is 19.1 Å². The summed E-state index contributed by atoms with van der Waals surface area (Å²) in [5.74, 6) is 1.61. The number of hydrogen-bond acceptors (Lipinski definition) is 4. The molecular formula is C21H33N7O. The zero-order chi connectivity index (χ0) is 20.6. The second-order valence-electron chi connectivity index (χ2n) is 8.70. The van der Waals surface area contributed by atoms with Crippen LogP contribution in [0.2, 0.25) is 0 Å². The summed E-state index contributed by atoms with van der Waals surface area (Å²) < 4.78 is 4.21. The van der Waals surface area contributed by atoms with Crippen LogP contribution >= 0.6 is 0 Å². The lowest BCUT2D eigenvalue weighted by atomic mass is 9.83. The zero-order valence-electron chi connectivity index (χ0n) is 18.1. The van der Waals surface area contributed by atoms with Crippen LogP contribution in [0.25, 0.3) is 11.3 Å². The summed E-state index contributed by atoms with van der Waals surface area (Å²) in [6.07, 6.45) is 7.78. The average molecular weight is 400 g/mol. The first-order valence-electron chi connectivity index (χ1n) is 10.8. The topological polar surface area (TPSA) is 71.2 Å². The smallest absolute Gasteiger partial charge is 0.317 e. The lowest BCUT2D eigenvalue weighted by Gasteiger charge is -2.50. The molecule has 0 aliphatic carbocycles. The summed E-state index contributed by atoms with van der Waals surface area (Å²) in [5.41, 5.74) is 2.15. The highest BCUT2D eigenvalue weighted by Crippen LogP contribution is 2.42. The molecule has 0 unspecified atom stereocenters. The number of aromatic nitrogens is 4. The van der Waals surface area contributed by atoms with Gasteiger partial charge in [-0.15, -0.1) is 0 Å². The molecule has 0 bridgehead atoms. The van der Waals surface area contributed by atoms with Gasteiger partial charge in [0.1, 0.15) is 5.82 Å². The Morgan fingerprint density at radius 3 is 2.59 bits per heavy atom. The first-order valence-corrected chi connectivity index (χ1v) is 10.8. The zero-order valence-corrected chi connectivity index (χ0v) is 18.1. The van der Waals surface area contributed by atoms with Crippen LogP contribution in [0.5, 0.6) is 0 Å². The molecule has 0 atom stereocenters. The summed E-state index contributed by atoms with van der Waals surface area (Å²) in [5, 5.41) is 7.39. The van der Waals surface area contributed by atoms with Gasteiger partial charge in [-0.3, -0.25) is 9.58 Å². The van der Waals surface area contributed by atoms with Gasteiger partial charge in [0.15, 0.2) is 0 Å². The average Bonchev–Trinajstić information content (AvgIpc) is 3.33. The Bertz CT molecular complexity index is 860. The van der Waals surface area contributed by atoms with Crippen LogP contribution in [0, 0.1) is 5.92 Å². The third-order valence-corrected chi connectivity index (χ3v) is 6.39. The second kappa shape index (κ2) is 7.82. The van der Waals surface area contributed by atoms with Crippen molar-refractivity contribution in [1.82, 2.24) is 34.4 Å². The minimum absolute atomic E-state index is 0.0619. The fourth-order valence-corrected chi connectivity index (χ4v) is 4.82. The van der Waals surface area contributed by atoms with Crippen molar-refractivity contribution >= 4 is 6.03 Å². The number of nitrogens with one attached hydrogen (secondary N) is 1. The number of carbonyl (C=O) groups excluding carboxylic acids is 1. The monoisotopic (exact) mass is 399 g/mol. The van der Waals surface area contributed by atoms with Crippen molar-refractivity contribution in [2.75, 3.05) is 32.7 Å². The number of hydrogen-bond donors (Lipinski definition) is 1. The second-order valence-corrected chi connectivity index (χ2v) is 8.70. The number of likely N-dealkylation sites (tertiary alicyclic amines) is 1. The molecule has 0 aromatic carbocycles. The number of carbonyl (C=O) groups is 1. The Balaban J connectivity index is 1.58. The summed E-state index contributed by atoms with van der Waals surface area (Å²) in [6.45, 7) is 11.6. The molecule has 0 radical (unpaired) electrons. The maximum Gasteiger partial charge on any atom is 0.317 e. The Labute approximate surface area is 172 Å². The molecule has 2 aromatic heterocycles. The van der Waals surface area contributed by atoms with Gasteiger partial charge in [-0.1, -0.05) is 20.8 Å². The van der Waals surface area contributed by atoms with Gasteiger partial charge in [0.2, 0.25) is 0 Å². The minimum Gasteiger partial charge on any atom is -0.338 e. The Hall–Kier alpha value is -2.35. The van der Waals surface area contributed by atoms with E-state index < -0.39 is 0 Å². The molecule has 2 amide bonds. The van der Waals surface area contributed by atoms with Gasteiger partial charge in [0.05, 0.1) is 23.6 Å². The number of rotatable bonds is 4. The molecule has 1 fully saturated rings. The lowest BCUT2D eigenvalue weighted by Crippen LogP contribution is -2.59. The summed E-state index contributed by atoms with van der Waals surface area (Å²) in [6, 6.07) is 0.0619. The van der Waals surface area contributed by atoms with E-state index in [4.69, 9.17) is 4.98 Å². The van der Waals surface area contributed by atoms with E-state index in [0.717, 1.165) is 69.2 Å². The molecule has 1 N–H and O–H groups in total. The van der Waals surface area contributed by atoms with Crippen molar-refractivity contribution in [2.24, 2.45) is 13.0 Å². The van der Waals surface area contributed by atoms with Gasteiger partial charge >= 0.3 is 6.03 Å². The number of amides is 2. The van der Waals surface area contributed by atoms with Gasteiger partial charge in [0, 0.05) is 51.5 Å². The Morgan fingerprint density at radius 2 is 1.97 bits per heavy atom. The summed E-state index contributed by atoms with van der Waals surface area (Å²) >= 11 is 0. The Morgan fingerprint density at radius 1 is 1.21 bits per heavy atom. The van der Waals surface area contributed by atoms with Gasteiger partial charge in [-0.05, 0) is 25.3 Å². The van der Waals surface area contributed by atoms with Gasteiger partial charge < -0.3 is 14.8 Å². The highest BCUT2D eigenvalue weighted by atomic mass is 16.2. The third-order valence-electron chi connectivity index (χ3n) is 6.39. The summed E-state index contributed by atoms with van der Waals surface area (Å²) in [7, 11) is 1.94.